The molecule has 0 bridgehead atoms. The highest BCUT2D eigenvalue weighted by Gasteiger charge is 2.29. The molecule has 1 amide bonds. The van der Waals surface area contributed by atoms with Gasteiger partial charge in [0.15, 0.2) is 0 Å². The minimum atomic E-state index is -4.37. The molecule has 0 atom stereocenters. The second-order valence-electron chi connectivity index (χ2n) is 4.10. The Kier molecular flexibility index (Phi) is 4.17. The zero-order valence-electron chi connectivity index (χ0n) is 10.1. The molecule has 0 radical (unpaired) electrons. The first kappa shape index (κ1) is 14.6. The number of nitrogens with one attached hydrogen (secondary N) is 1. The highest BCUT2D eigenvalue weighted by atomic mass is 79.9. The molecule has 2 rings (SSSR count). The van der Waals surface area contributed by atoms with Crippen LogP contribution in [-0.4, -0.2) is 16.7 Å². The van der Waals surface area contributed by atoms with E-state index in [0.29, 0.717) is 5.69 Å². The Morgan fingerprint density at radius 2 is 1.85 bits per heavy atom. The maximum atomic E-state index is 12.4. The van der Waals surface area contributed by atoms with Gasteiger partial charge in [0.2, 0.25) is 0 Å². The molecular formula is C13H10BrF3N2O. The van der Waals surface area contributed by atoms with Gasteiger partial charge in [-0.1, -0.05) is 15.9 Å². The monoisotopic (exact) mass is 346 g/mol. The van der Waals surface area contributed by atoms with Gasteiger partial charge in [0.05, 0.1) is 0 Å². The molecule has 0 aliphatic rings. The molecule has 106 valence electrons. The van der Waals surface area contributed by atoms with Gasteiger partial charge in [-0.25, -0.2) is 0 Å². The molecule has 1 aromatic heterocycles. The van der Waals surface area contributed by atoms with Crippen molar-refractivity contribution in [2.45, 2.75) is 12.7 Å². The number of rotatable bonds is 3. The Hall–Kier alpha value is -1.76. The Morgan fingerprint density at radius 3 is 2.45 bits per heavy atom. The van der Waals surface area contributed by atoms with Gasteiger partial charge >= 0.3 is 6.18 Å². The molecule has 20 heavy (non-hydrogen) atoms. The molecule has 1 N–H and O–H groups in total. The molecule has 0 saturated heterocycles. The Labute approximate surface area is 121 Å². The van der Waals surface area contributed by atoms with Crippen LogP contribution in [0.25, 0.3) is 0 Å². The summed E-state index contributed by atoms with van der Waals surface area (Å²) in [7, 11) is 0. The predicted molar refractivity (Wildman–Crippen MR) is 72.6 cm³/mol. The molecule has 0 spiro atoms. The average molecular weight is 347 g/mol. The fraction of sp³-hybridized carbons (Fsp3) is 0.154. The van der Waals surface area contributed by atoms with E-state index >= 15 is 0 Å². The van der Waals surface area contributed by atoms with E-state index < -0.39 is 18.6 Å². The van der Waals surface area contributed by atoms with Crippen LogP contribution in [0.2, 0.25) is 0 Å². The normalized spacial score (nSPS) is 11.4. The Morgan fingerprint density at radius 1 is 1.20 bits per heavy atom. The lowest BCUT2D eigenvalue weighted by Crippen LogP contribution is -2.23. The van der Waals surface area contributed by atoms with Gasteiger partial charge < -0.3 is 9.88 Å². The van der Waals surface area contributed by atoms with Gasteiger partial charge in [-0.15, -0.1) is 0 Å². The lowest BCUT2D eigenvalue weighted by atomic mass is 10.3. The lowest BCUT2D eigenvalue weighted by Gasteiger charge is -2.12. The van der Waals surface area contributed by atoms with Gasteiger partial charge in [0, 0.05) is 16.4 Å². The summed E-state index contributed by atoms with van der Waals surface area (Å²) in [6, 6.07) is 9.51. The van der Waals surface area contributed by atoms with Gasteiger partial charge in [0.1, 0.15) is 12.2 Å². The highest BCUT2D eigenvalue weighted by Crippen LogP contribution is 2.20. The molecule has 3 nitrogen and oxygen atoms in total. The van der Waals surface area contributed by atoms with Crippen LogP contribution >= 0.6 is 15.9 Å². The van der Waals surface area contributed by atoms with Gasteiger partial charge in [-0.2, -0.15) is 13.2 Å². The van der Waals surface area contributed by atoms with E-state index in [-0.39, 0.29) is 5.69 Å². The molecule has 7 heteroatoms. The topological polar surface area (TPSA) is 34.0 Å². The van der Waals surface area contributed by atoms with E-state index in [1.807, 2.05) is 0 Å². The smallest absolute Gasteiger partial charge is 0.334 e. The van der Waals surface area contributed by atoms with E-state index in [0.717, 1.165) is 9.04 Å². The van der Waals surface area contributed by atoms with E-state index in [4.69, 9.17) is 0 Å². The summed E-state index contributed by atoms with van der Waals surface area (Å²) in [6.07, 6.45) is -3.14. The Bertz CT molecular complexity index is 605. The van der Waals surface area contributed by atoms with Crippen LogP contribution in [-0.2, 0) is 6.54 Å². The third-order valence-corrected chi connectivity index (χ3v) is 3.04. The fourth-order valence-electron chi connectivity index (χ4n) is 1.68. The van der Waals surface area contributed by atoms with E-state index in [1.54, 1.807) is 24.3 Å². The number of aromatic nitrogens is 1. The predicted octanol–water partition coefficient (Wildman–Crippen LogP) is 4.07. The first-order valence-electron chi connectivity index (χ1n) is 5.64. The standard InChI is InChI=1S/C13H10BrF3N2O/c14-9-3-5-10(6-4-9)18-12(20)11-2-1-7-19(11)8-13(15,16)17/h1-7H,8H2,(H,18,20). The molecule has 0 unspecified atom stereocenters. The van der Waals surface area contributed by atoms with Crippen LogP contribution < -0.4 is 5.32 Å². The first-order valence-corrected chi connectivity index (χ1v) is 6.43. The zero-order valence-corrected chi connectivity index (χ0v) is 11.7. The Balaban J connectivity index is 2.14. The third kappa shape index (κ3) is 3.86. The molecule has 2 aromatic rings. The number of anilines is 1. The number of amides is 1. The van der Waals surface area contributed by atoms with Crippen molar-refractivity contribution in [2.75, 3.05) is 5.32 Å². The minimum Gasteiger partial charge on any atom is -0.334 e. The molecule has 0 aliphatic carbocycles. The second-order valence-corrected chi connectivity index (χ2v) is 5.01. The summed E-state index contributed by atoms with van der Waals surface area (Å²) >= 11 is 3.25. The number of halogens is 4. The number of carbonyl (C=O) groups is 1. The van der Waals surface area contributed by atoms with Crippen molar-refractivity contribution < 1.29 is 18.0 Å². The largest absolute Gasteiger partial charge is 0.406 e. The van der Waals surface area contributed by atoms with Crippen LogP contribution in [0.1, 0.15) is 10.5 Å². The summed E-state index contributed by atoms with van der Waals surface area (Å²) in [4.78, 5) is 12.0. The second kappa shape index (κ2) is 5.70. The minimum absolute atomic E-state index is 0.0368. The van der Waals surface area contributed by atoms with Crippen molar-refractivity contribution in [2.24, 2.45) is 0 Å². The van der Waals surface area contributed by atoms with E-state index in [9.17, 15) is 18.0 Å². The zero-order chi connectivity index (χ0) is 14.8. The summed E-state index contributed by atoms with van der Waals surface area (Å²) in [5.41, 5.74) is 0.475. The van der Waals surface area contributed by atoms with Crippen molar-refractivity contribution in [3.05, 3.63) is 52.8 Å². The SMILES string of the molecule is O=C(Nc1ccc(Br)cc1)c1cccn1CC(F)(F)F. The molecule has 0 saturated carbocycles. The van der Waals surface area contributed by atoms with Gasteiger partial charge in [-0.3, -0.25) is 4.79 Å². The number of nitrogens with zero attached hydrogens (tertiary/aromatic N) is 1. The van der Waals surface area contributed by atoms with Gasteiger partial charge in [-0.05, 0) is 36.4 Å². The number of carbonyl (C=O) groups excluding carboxylic acids is 1. The number of hydrogen-bond acceptors (Lipinski definition) is 1. The van der Waals surface area contributed by atoms with Crippen molar-refractivity contribution in [3.8, 4) is 0 Å². The lowest BCUT2D eigenvalue weighted by molar-refractivity contribution is -0.140. The van der Waals surface area contributed by atoms with Crippen LogP contribution in [0, 0.1) is 0 Å². The number of hydrogen-bond donors (Lipinski definition) is 1. The van der Waals surface area contributed by atoms with Crippen molar-refractivity contribution in [1.82, 2.24) is 4.57 Å². The highest BCUT2D eigenvalue weighted by molar-refractivity contribution is 9.10. The van der Waals surface area contributed by atoms with Gasteiger partial charge in [0.25, 0.3) is 5.91 Å². The fourth-order valence-corrected chi connectivity index (χ4v) is 1.94. The van der Waals surface area contributed by atoms with E-state index in [2.05, 4.69) is 21.2 Å². The third-order valence-electron chi connectivity index (χ3n) is 2.51. The quantitative estimate of drug-likeness (QED) is 0.893. The summed E-state index contributed by atoms with van der Waals surface area (Å²) < 4.78 is 38.8. The van der Waals surface area contributed by atoms with Crippen LogP contribution in [0.15, 0.2) is 47.1 Å². The van der Waals surface area contributed by atoms with Crippen LogP contribution in [0.4, 0.5) is 18.9 Å². The first-order chi connectivity index (χ1) is 9.35. The number of benzene rings is 1. The van der Waals surface area contributed by atoms with E-state index in [1.165, 1.54) is 18.3 Å². The summed E-state index contributed by atoms with van der Waals surface area (Å²) in [5.74, 6) is -0.582. The number of alkyl halides is 3. The molecular weight excluding hydrogens is 337 g/mol. The maximum absolute atomic E-state index is 12.4. The molecule has 0 fully saturated rings. The molecule has 1 aromatic carbocycles. The summed E-state index contributed by atoms with van der Waals surface area (Å²) in [5, 5.41) is 2.55. The molecule has 0 aliphatic heterocycles. The summed E-state index contributed by atoms with van der Waals surface area (Å²) in [6.45, 7) is -1.19. The van der Waals surface area contributed by atoms with Crippen molar-refractivity contribution in [3.63, 3.8) is 0 Å². The maximum Gasteiger partial charge on any atom is 0.406 e. The average Bonchev–Trinajstić information content (AvgIpc) is 2.78. The van der Waals surface area contributed by atoms with Crippen molar-refractivity contribution in [1.29, 1.82) is 0 Å². The van der Waals surface area contributed by atoms with Crippen LogP contribution in [0.5, 0.6) is 0 Å². The molecule has 1 heterocycles. The van der Waals surface area contributed by atoms with Crippen molar-refractivity contribution >= 4 is 27.5 Å². The van der Waals surface area contributed by atoms with Crippen LogP contribution in [0.3, 0.4) is 0 Å².